The van der Waals surface area contributed by atoms with E-state index in [1.54, 1.807) is 12.1 Å². The van der Waals surface area contributed by atoms with Crippen molar-refractivity contribution < 1.29 is 9.59 Å². The van der Waals surface area contributed by atoms with Crippen LogP contribution in [0.15, 0.2) is 36.5 Å². The summed E-state index contributed by atoms with van der Waals surface area (Å²) in [5.41, 5.74) is 4.27. The molecule has 1 aliphatic rings. The maximum Gasteiger partial charge on any atom is 0.313 e. The minimum Gasteiger partial charge on any atom is -0.363 e. The van der Waals surface area contributed by atoms with Crippen molar-refractivity contribution in [3.05, 3.63) is 53.2 Å². The molecule has 0 bridgehead atoms. The van der Waals surface area contributed by atoms with Gasteiger partial charge in [-0.15, -0.1) is 0 Å². The summed E-state index contributed by atoms with van der Waals surface area (Å²) in [6.07, 6.45) is 6.19. The van der Waals surface area contributed by atoms with Gasteiger partial charge in [-0.1, -0.05) is 18.2 Å². The Kier molecular flexibility index (Phi) is 5.74. The lowest BCUT2D eigenvalue weighted by atomic mass is 9.89. The van der Waals surface area contributed by atoms with Crippen LogP contribution in [0.1, 0.15) is 42.5 Å². The standard InChI is InChI=1S/C21H26N4O2/c1-14(16-9-8-15-6-4-5-7-17(15)12-16)23-20(26)21(27)24-18-10-11-19(22-13-18)25(2)3/h8-14H,4-7H2,1-3H3,(H,23,26)(H,24,27). The summed E-state index contributed by atoms with van der Waals surface area (Å²) in [6, 6.07) is 9.61. The molecular formula is C21H26N4O2. The van der Waals surface area contributed by atoms with Crippen molar-refractivity contribution in [3.63, 3.8) is 0 Å². The third-order valence-electron chi connectivity index (χ3n) is 4.89. The van der Waals surface area contributed by atoms with Crippen LogP contribution in [0.2, 0.25) is 0 Å². The SMILES string of the molecule is CC(NC(=O)C(=O)Nc1ccc(N(C)C)nc1)c1ccc2c(c1)CCCC2. The first-order valence-corrected chi connectivity index (χ1v) is 9.31. The highest BCUT2D eigenvalue weighted by Gasteiger charge is 2.19. The van der Waals surface area contributed by atoms with Crippen LogP contribution in [-0.4, -0.2) is 30.9 Å². The van der Waals surface area contributed by atoms with Crippen molar-refractivity contribution in [2.45, 2.75) is 38.6 Å². The second-order valence-corrected chi connectivity index (χ2v) is 7.18. The molecule has 2 aromatic rings. The monoisotopic (exact) mass is 366 g/mol. The van der Waals surface area contributed by atoms with Crippen molar-refractivity contribution >= 4 is 23.3 Å². The number of nitrogens with zero attached hydrogens (tertiary/aromatic N) is 2. The maximum absolute atomic E-state index is 12.2. The molecule has 6 heteroatoms. The minimum absolute atomic E-state index is 0.232. The topological polar surface area (TPSA) is 74.3 Å². The van der Waals surface area contributed by atoms with Crippen LogP contribution in [-0.2, 0) is 22.4 Å². The van der Waals surface area contributed by atoms with Gasteiger partial charge in [0, 0.05) is 14.1 Å². The molecule has 0 aliphatic heterocycles. The van der Waals surface area contributed by atoms with E-state index in [-0.39, 0.29) is 6.04 Å². The van der Waals surface area contributed by atoms with Crippen LogP contribution >= 0.6 is 0 Å². The molecule has 2 amide bonds. The Morgan fingerprint density at radius 3 is 2.44 bits per heavy atom. The second kappa shape index (κ2) is 8.20. The lowest BCUT2D eigenvalue weighted by Gasteiger charge is -2.20. The van der Waals surface area contributed by atoms with Crippen LogP contribution < -0.4 is 15.5 Å². The third-order valence-corrected chi connectivity index (χ3v) is 4.89. The minimum atomic E-state index is -0.695. The normalized spacial score (nSPS) is 14.0. The van der Waals surface area contributed by atoms with Gasteiger partial charge in [0.15, 0.2) is 0 Å². The van der Waals surface area contributed by atoms with E-state index >= 15 is 0 Å². The number of amides is 2. The number of pyridine rings is 1. The van der Waals surface area contributed by atoms with Gasteiger partial charge >= 0.3 is 11.8 Å². The van der Waals surface area contributed by atoms with Gasteiger partial charge in [0.05, 0.1) is 17.9 Å². The average molecular weight is 366 g/mol. The van der Waals surface area contributed by atoms with E-state index in [2.05, 4.69) is 27.8 Å². The zero-order valence-electron chi connectivity index (χ0n) is 16.1. The first kappa shape index (κ1) is 18.9. The first-order chi connectivity index (χ1) is 12.9. The molecule has 1 aliphatic carbocycles. The molecule has 1 atom stereocenters. The molecule has 1 unspecified atom stereocenters. The van der Waals surface area contributed by atoms with Crippen molar-refractivity contribution in [1.29, 1.82) is 0 Å². The van der Waals surface area contributed by atoms with Crippen molar-refractivity contribution in [2.75, 3.05) is 24.3 Å². The number of aromatic nitrogens is 1. The fourth-order valence-electron chi connectivity index (χ4n) is 3.28. The second-order valence-electron chi connectivity index (χ2n) is 7.18. The highest BCUT2D eigenvalue weighted by atomic mass is 16.2. The summed E-state index contributed by atoms with van der Waals surface area (Å²) >= 11 is 0. The number of fused-ring (bicyclic) bond motifs is 1. The molecule has 3 rings (SSSR count). The van der Waals surface area contributed by atoms with E-state index in [1.165, 1.54) is 30.2 Å². The molecular weight excluding hydrogens is 340 g/mol. The molecule has 1 heterocycles. The number of nitrogens with one attached hydrogen (secondary N) is 2. The molecule has 1 aromatic carbocycles. The Morgan fingerprint density at radius 2 is 1.78 bits per heavy atom. The van der Waals surface area contributed by atoms with Crippen molar-refractivity contribution in [2.24, 2.45) is 0 Å². The van der Waals surface area contributed by atoms with Gasteiger partial charge in [0.1, 0.15) is 5.82 Å². The number of aryl methyl sites for hydroxylation is 2. The Labute approximate surface area is 160 Å². The highest BCUT2D eigenvalue weighted by Crippen LogP contribution is 2.24. The number of hydrogen-bond acceptors (Lipinski definition) is 4. The summed E-state index contributed by atoms with van der Waals surface area (Å²) < 4.78 is 0. The van der Waals surface area contributed by atoms with Crippen LogP contribution in [0.3, 0.4) is 0 Å². The van der Waals surface area contributed by atoms with Crippen LogP contribution in [0.25, 0.3) is 0 Å². The van der Waals surface area contributed by atoms with E-state index in [4.69, 9.17) is 0 Å². The molecule has 0 spiro atoms. The van der Waals surface area contributed by atoms with Crippen molar-refractivity contribution in [3.8, 4) is 0 Å². The van der Waals surface area contributed by atoms with Crippen molar-refractivity contribution in [1.82, 2.24) is 10.3 Å². The number of benzene rings is 1. The Hall–Kier alpha value is -2.89. The van der Waals surface area contributed by atoms with Crippen LogP contribution in [0, 0.1) is 0 Å². The number of rotatable bonds is 4. The van der Waals surface area contributed by atoms with Gasteiger partial charge in [-0.25, -0.2) is 4.98 Å². The summed E-state index contributed by atoms with van der Waals surface area (Å²) in [4.78, 5) is 30.5. The summed E-state index contributed by atoms with van der Waals surface area (Å²) in [5, 5.41) is 5.36. The molecule has 2 N–H and O–H groups in total. The number of carbonyl (C=O) groups is 2. The third kappa shape index (κ3) is 4.64. The summed E-state index contributed by atoms with van der Waals surface area (Å²) in [6.45, 7) is 1.89. The number of carbonyl (C=O) groups excluding carboxylic acids is 2. The van der Waals surface area contributed by atoms with Gasteiger partial charge in [-0.05, 0) is 61.4 Å². The van der Waals surface area contributed by atoms with Gasteiger partial charge in [-0.3, -0.25) is 9.59 Å². The lowest BCUT2D eigenvalue weighted by Crippen LogP contribution is -2.37. The fourth-order valence-corrected chi connectivity index (χ4v) is 3.28. The van der Waals surface area contributed by atoms with Gasteiger partial charge in [-0.2, -0.15) is 0 Å². The summed E-state index contributed by atoms with van der Waals surface area (Å²) in [7, 11) is 3.77. The van der Waals surface area contributed by atoms with Crippen LogP contribution in [0.4, 0.5) is 11.5 Å². The van der Waals surface area contributed by atoms with Gasteiger partial charge in [0.2, 0.25) is 0 Å². The predicted molar refractivity (Wildman–Crippen MR) is 107 cm³/mol. The van der Waals surface area contributed by atoms with Gasteiger partial charge < -0.3 is 15.5 Å². The molecule has 142 valence electrons. The first-order valence-electron chi connectivity index (χ1n) is 9.31. The van der Waals surface area contributed by atoms with Crippen LogP contribution in [0.5, 0.6) is 0 Å². The molecule has 1 aromatic heterocycles. The molecule has 0 fully saturated rings. The zero-order chi connectivity index (χ0) is 19.4. The Balaban J connectivity index is 1.59. The maximum atomic E-state index is 12.2. The highest BCUT2D eigenvalue weighted by molar-refractivity contribution is 6.39. The molecule has 27 heavy (non-hydrogen) atoms. The molecule has 6 nitrogen and oxygen atoms in total. The summed E-state index contributed by atoms with van der Waals surface area (Å²) in [5.74, 6) is -0.574. The Bertz CT molecular complexity index is 831. The predicted octanol–water partition coefficient (Wildman–Crippen LogP) is 2.84. The molecule has 0 radical (unpaired) electrons. The van der Waals surface area contributed by atoms with E-state index in [0.29, 0.717) is 5.69 Å². The zero-order valence-corrected chi connectivity index (χ0v) is 16.1. The number of hydrogen-bond donors (Lipinski definition) is 2. The average Bonchev–Trinajstić information content (AvgIpc) is 2.67. The quantitative estimate of drug-likeness (QED) is 0.816. The Morgan fingerprint density at radius 1 is 1.04 bits per heavy atom. The van der Waals surface area contributed by atoms with E-state index in [9.17, 15) is 9.59 Å². The lowest BCUT2D eigenvalue weighted by molar-refractivity contribution is -0.136. The van der Waals surface area contributed by atoms with E-state index < -0.39 is 11.8 Å². The fraction of sp³-hybridized carbons (Fsp3) is 0.381. The largest absolute Gasteiger partial charge is 0.363 e. The molecule has 0 saturated heterocycles. The van der Waals surface area contributed by atoms with E-state index in [1.807, 2.05) is 32.0 Å². The van der Waals surface area contributed by atoms with E-state index in [0.717, 1.165) is 24.2 Å². The van der Waals surface area contributed by atoms with Gasteiger partial charge in [0.25, 0.3) is 0 Å². The molecule has 0 saturated carbocycles. The number of anilines is 2. The smallest absolute Gasteiger partial charge is 0.313 e.